The van der Waals surface area contributed by atoms with Gasteiger partial charge < -0.3 is 0 Å². The summed E-state index contributed by atoms with van der Waals surface area (Å²) in [5.74, 6) is 0. The van der Waals surface area contributed by atoms with Crippen LogP contribution in [-0.4, -0.2) is 10.2 Å². The predicted octanol–water partition coefficient (Wildman–Crippen LogP) is -0.283. The third-order valence-electron chi connectivity index (χ3n) is 1.20. The molecule has 0 aromatic heterocycles. The van der Waals surface area contributed by atoms with Gasteiger partial charge in [0.25, 0.3) is 0 Å². The largest absolute Gasteiger partial charge is 0.228 e. The minimum atomic E-state index is -1.37. The summed E-state index contributed by atoms with van der Waals surface area (Å²) in [6, 6.07) is 5.96. The van der Waals surface area contributed by atoms with Gasteiger partial charge in [-0.2, -0.15) is 15.8 Å². The molecule has 0 saturated carbocycles. The Balaban J connectivity index is 4.45. The van der Waals surface area contributed by atoms with Crippen LogP contribution < -0.4 is 0 Å². The van der Waals surface area contributed by atoms with Gasteiger partial charge in [0.15, 0.2) is 0 Å². The molecular formula is C6H7N3Si. The third-order valence-corrected chi connectivity index (χ3v) is 1.70. The smallest absolute Gasteiger partial charge is 0.195 e. The summed E-state index contributed by atoms with van der Waals surface area (Å²) < 4.78 is 0. The second-order valence-electron chi connectivity index (χ2n) is 1.99. The van der Waals surface area contributed by atoms with Crippen molar-refractivity contribution >= 4 is 10.2 Å². The zero-order chi connectivity index (χ0) is 8.04. The van der Waals surface area contributed by atoms with Crippen LogP contribution in [0.3, 0.4) is 0 Å². The topological polar surface area (TPSA) is 71.4 Å². The Morgan fingerprint density at radius 2 is 1.50 bits per heavy atom. The SMILES string of the molecule is N#CC(C#N)(C#N)CC[SiH3]. The second kappa shape index (κ2) is 3.66. The molecule has 0 aromatic rings. The van der Waals surface area contributed by atoms with Crippen molar-refractivity contribution in [2.24, 2.45) is 5.41 Å². The molecule has 0 N–H and O–H groups in total. The molecule has 0 atom stereocenters. The highest BCUT2D eigenvalue weighted by atomic mass is 28.1. The Kier molecular flexibility index (Phi) is 3.18. The van der Waals surface area contributed by atoms with Crippen molar-refractivity contribution in [2.75, 3.05) is 0 Å². The second-order valence-corrected chi connectivity index (χ2v) is 2.99. The lowest BCUT2D eigenvalue weighted by atomic mass is 9.91. The molecule has 0 unspecified atom stereocenters. The van der Waals surface area contributed by atoms with E-state index >= 15 is 0 Å². The molecule has 0 aliphatic heterocycles. The minimum Gasteiger partial charge on any atom is -0.195 e. The van der Waals surface area contributed by atoms with Crippen molar-refractivity contribution in [3.63, 3.8) is 0 Å². The highest BCUT2D eigenvalue weighted by Crippen LogP contribution is 2.19. The van der Waals surface area contributed by atoms with E-state index in [1.807, 2.05) is 0 Å². The zero-order valence-electron chi connectivity index (χ0n) is 5.76. The van der Waals surface area contributed by atoms with Crippen LogP contribution in [0.15, 0.2) is 0 Å². The van der Waals surface area contributed by atoms with Gasteiger partial charge >= 0.3 is 0 Å². The summed E-state index contributed by atoms with van der Waals surface area (Å²) in [5, 5.41) is 25.3. The van der Waals surface area contributed by atoms with Crippen LogP contribution in [0.5, 0.6) is 0 Å². The summed E-state index contributed by atoms with van der Waals surface area (Å²) in [5.41, 5.74) is -1.37. The normalized spacial score (nSPS) is 9.30. The van der Waals surface area contributed by atoms with E-state index in [1.54, 1.807) is 18.2 Å². The fourth-order valence-corrected chi connectivity index (χ4v) is 1.37. The number of hydrogen-bond acceptors (Lipinski definition) is 3. The number of rotatable bonds is 2. The maximum absolute atomic E-state index is 8.43. The number of nitriles is 3. The summed E-state index contributed by atoms with van der Waals surface area (Å²) >= 11 is 0. The van der Waals surface area contributed by atoms with Crippen LogP contribution in [0.2, 0.25) is 6.04 Å². The Morgan fingerprint density at radius 1 is 1.10 bits per heavy atom. The van der Waals surface area contributed by atoms with Crippen LogP contribution in [0.1, 0.15) is 6.42 Å². The van der Waals surface area contributed by atoms with Gasteiger partial charge in [0.2, 0.25) is 5.41 Å². The van der Waals surface area contributed by atoms with Crippen molar-refractivity contribution in [3.05, 3.63) is 0 Å². The van der Waals surface area contributed by atoms with Gasteiger partial charge in [-0.25, -0.2) is 0 Å². The molecule has 0 rings (SSSR count). The fourth-order valence-electron chi connectivity index (χ4n) is 0.618. The lowest BCUT2D eigenvalue weighted by Crippen LogP contribution is -2.12. The first-order valence-electron chi connectivity index (χ1n) is 2.98. The summed E-state index contributed by atoms with van der Waals surface area (Å²) in [6.07, 6.45) is 0.392. The van der Waals surface area contributed by atoms with E-state index in [-0.39, 0.29) is 0 Å². The lowest BCUT2D eigenvalue weighted by Gasteiger charge is -2.04. The van der Waals surface area contributed by atoms with E-state index in [0.717, 1.165) is 16.3 Å². The highest BCUT2D eigenvalue weighted by molar-refractivity contribution is 6.08. The van der Waals surface area contributed by atoms with Crippen molar-refractivity contribution in [2.45, 2.75) is 12.5 Å². The highest BCUT2D eigenvalue weighted by Gasteiger charge is 2.27. The molecule has 0 saturated heterocycles. The molecule has 0 radical (unpaired) electrons. The van der Waals surface area contributed by atoms with E-state index in [0.29, 0.717) is 6.42 Å². The van der Waals surface area contributed by atoms with Crippen molar-refractivity contribution in [3.8, 4) is 18.2 Å². The van der Waals surface area contributed by atoms with E-state index in [9.17, 15) is 0 Å². The first-order chi connectivity index (χ1) is 4.74. The molecule has 0 heterocycles. The maximum Gasteiger partial charge on any atom is 0.228 e. The van der Waals surface area contributed by atoms with Gasteiger partial charge in [-0.3, -0.25) is 0 Å². The molecule has 10 heavy (non-hydrogen) atoms. The first kappa shape index (κ1) is 8.69. The fraction of sp³-hybridized carbons (Fsp3) is 0.500. The molecule has 0 fully saturated rings. The third kappa shape index (κ3) is 1.58. The van der Waals surface area contributed by atoms with Crippen LogP contribution >= 0.6 is 0 Å². The van der Waals surface area contributed by atoms with E-state index in [4.69, 9.17) is 15.8 Å². The van der Waals surface area contributed by atoms with Crippen molar-refractivity contribution < 1.29 is 0 Å². The van der Waals surface area contributed by atoms with Crippen LogP contribution in [-0.2, 0) is 0 Å². The molecule has 4 heteroatoms. The quantitative estimate of drug-likeness (QED) is 0.507. The molecule has 0 amide bonds. The average molecular weight is 149 g/mol. The Hall–Kier alpha value is -1.31. The summed E-state index contributed by atoms with van der Waals surface area (Å²) in [6.45, 7) is 0. The monoisotopic (exact) mass is 149 g/mol. The Morgan fingerprint density at radius 3 is 1.60 bits per heavy atom. The molecule has 0 bridgehead atoms. The van der Waals surface area contributed by atoms with E-state index in [1.165, 1.54) is 0 Å². The number of nitrogens with zero attached hydrogens (tertiary/aromatic N) is 3. The van der Waals surface area contributed by atoms with Gasteiger partial charge in [0.05, 0.1) is 0 Å². The molecule has 0 aliphatic rings. The van der Waals surface area contributed by atoms with Gasteiger partial charge in [-0.1, -0.05) is 6.04 Å². The van der Waals surface area contributed by atoms with Crippen molar-refractivity contribution in [1.29, 1.82) is 15.8 Å². The van der Waals surface area contributed by atoms with Gasteiger partial charge in [0, 0.05) is 10.2 Å². The van der Waals surface area contributed by atoms with Crippen LogP contribution in [0, 0.1) is 39.4 Å². The molecule has 3 nitrogen and oxygen atoms in total. The van der Waals surface area contributed by atoms with Crippen molar-refractivity contribution in [1.82, 2.24) is 0 Å². The predicted molar refractivity (Wildman–Crippen MR) is 38.6 cm³/mol. The van der Waals surface area contributed by atoms with Crippen LogP contribution in [0.4, 0.5) is 0 Å². The molecule has 0 spiro atoms. The summed E-state index contributed by atoms with van der Waals surface area (Å²) in [7, 11) is 0.930. The zero-order valence-corrected chi connectivity index (χ0v) is 7.76. The molecule has 0 aromatic carbocycles. The average Bonchev–Trinajstić information content (AvgIpc) is 2.01. The standard InChI is InChI=1S/C6H7N3Si/c7-3-6(4-8,5-9)1-2-10/h1-2H2,10H3. The van der Waals surface area contributed by atoms with Gasteiger partial charge in [0.1, 0.15) is 18.2 Å². The minimum absolute atomic E-state index is 0.392. The molecule has 0 aliphatic carbocycles. The van der Waals surface area contributed by atoms with E-state index < -0.39 is 5.41 Å². The van der Waals surface area contributed by atoms with Crippen LogP contribution in [0.25, 0.3) is 0 Å². The Bertz CT molecular complexity index is 191. The summed E-state index contributed by atoms with van der Waals surface area (Å²) in [4.78, 5) is 0. The van der Waals surface area contributed by atoms with E-state index in [2.05, 4.69) is 0 Å². The first-order valence-corrected chi connectivity index (χ1v) is 4.40. The molecule has 50 valence electrons. The maximum atomic E-state index is 8.43. The lowest BCUT2D eigenvalue weighted by molar-refractivity contribution is 0.649. The van der Waals surface area contributed by atoms with Gasteiger partial charge in [-0.05, 0) is 6.42 Å². The molecular weight excluding hydrogens is 142 g/mol. The number of hydrogen-bond donors (Lipinski definition) is 0. The van der Waals surface area contributed by atoms with Gasteiger partial charge in [-0.15, -0.1) is 0 Å². The Labute approximate surface area is 62.9 Å².